The summed E-state index contributed by atoms with van der Waals surface area (Å²) in [4.78, 5) is 0. The first-order valence-electron chi connectivity index (χ1n) is 10.1. The van der Waals surface area contributed by atoms with Crippen LogP contribution in [-0.2, 0) is 13.5 Å². The van der Waals surface area contributed by atoms with Gasteiger partial charge < -0.3 is 5.11 Å². The minimum atomic E-state index is 0.322. The van der Waals surface area contributed by atoms with E-state index in [-0.39, 0.29) is 0 Å². The van der Waals surface area contributed by atoms with Gasteiger partial charge in [0.1, 0.15) is 7.05 Å². The third-order valence-corrected chi connectivity index (χ3v) is 11.5. The van der Waals surface area contributed by atoms with Crippen LogP contribution in [0.15, 0.2) is 23.2 Å². The maximum atomic E-state index is 8.94. The Balaban J connectivity index is 1.73. The van der Waals surface area contributed by atoms with Crippen LogP contribution in [0, 0.1) is 11.8 Å². The van der Waals surface area contributed by atoms with E-state index in [0.29, 0.717) is 17.1 Å². The minimum Gasteiger partial charge on any atom is -0.396 e. The van der Waals surface area contributed by atoms with Gasteiger partial charge in [-0.2, -0.15) is 4.57 Å². The lowest BCUT2D eigenvalue weighted by atomic mass is 10.1. The number of aliphatic hydroxyl groups is 1. The van der Waals surface area contributed by atoms with Crippen LogP contribution in [0.2, 0.25) is 0 Å². The molecule has 0 bridgehead atoms. The van der Waals surface area contributed by atoms with Crippen LogP contribution in [0.3, 0.4) is 0 Å². The summed E-state index contributed by atoms with van der Waals surface area (Å²) in [6.45, 7) is 9.49. The number of rotatable bonds is 13. The van der Waals surface area contributed by atoms with Gasteiger partial charge in [-0.3, -0.25) is 0 Å². The van der Waals surface area contributed by atoms with E-state index in [4.69, 9.17) is 5.11 Å². The van der Waals surface area contributed by atoms with Crippen LogP contribution < -0.4 is 4.57 Å². The predicted octanol–water partition coefficient (Wildman–Crippen LogP) is 6.16. The monoisotopic (exact) mass is 446 g/mol. The fourth-order valence-corrected chi connectivity index (χ4v) is 7.90. The van der Waals surface area contributed by atoms with Crippen molar-refractivity contribution in [1.82, 2.24) is 0 Å². The fraction of sp³-hybridized carbons (Fsp3) is 0.762. The Kier molecular flexibility index (Phi) is 10.8. The van der Waals surface area contributed by atoms with Crippen molar-refractivity contribution in [2.45, 2.75) is 80.6 Å². The smallest absolute Gasteiger partial charge is 0.250 e. The molecule has 0 amide bonds. The first-order valence-corrected chi connectivity index (χ1v) is 14.6. The summed E-state index contributed by atoms with van der Waals surface area (Å²) in [7, 11) is 10.1. The van der Waals surface area contributed by atoms with Crippen LogP contribution in [0.4, 0.5) is 0 Å². The summed E-state index contributed by atoms with van der Waals surface area (Å²) in [5, 5.41) is 12.3. The quantitative estimate of drug-likeness (QED) is 0.289. The molecule has 1 heterocycles. The van der Waals surface area contributed by atoms with Crippen LogP contribution in [0.1, 0.15) is 59.1 Å². The summed E-state index contributed by atoms with van der Waals surface area (Å²) in [6.07, 6.45) is 6.01. The van der Waals surface area contributed by atoms with Crippen molar-refractivity contribution >= 4 is 43.2 Å². The Labute approximate surface area is 182 Å². The second-order valence-electron chi connectivity index (χ2n) is 8.02. The van der Waals surface area contributed by atoms with Crippen molar-refractivity contribution in [2.75, 3.05) is 6.61 Å². The first-order chi connectivity index (χ1) is 12.9. The topological polar surface area (TPSA) is 24.1 Å². The van der Waals surface area contributed by atoms with E-state index in [2.05, 4.69) is 68.3 Å². The zero-order valence-electron chi connectivity index (χ0n) is 17.4. The molecule has 3 unspecified atom stereocenters. The molecule has 1 aromatic heterocycles. The molecule has 1 saturated carbocycles. The standard InChI is InChI=1S/C21H36NOS4/c1-15(2)24-27-21-10-6-9-20(22(21)5)14-19-13-18(19)12-17(4)26-25-16(3)8-7-11-23/h6,9-10,15-19,23H,7-8,11-14H2,1-5H3/q+1/t16?,17?,18-,19?/m0/s1. The van der Waals surface area contributed by atoms with Gasteiger partial charge in [-0.05, 0) is 43.6 Å². The second kappa shape index (κ2) is 12.3. The Bertz CT molecular complexity index is 569. The second-order valence-corrected chi connectivity index (χ2v) is 14.0. The fourth-order valence-electron chi connectivity index (χ4n) is 3.24. The predicted molar refractivity (Wildman–Crippen MR) is 127 cm³/mol. The van der Waals surface area contributed by atoms with Crippen molar-refractivity contribution in [3.05, 3.63) is 23.9 Å². The summed E-state index contributed by atoms with van der Waals surface area (Å²) >= 11 is 0. The van der Waals surface area contributed by atoms with Crippen molar-refractivity contribution in [3.8, 4) is 0 Å². The Morgan fingerprint density at radius 3 is 2.52 bits per heavy atom. The van der Waals surface area contributed by atoms with E-state index >= 15 is 0 Å². The Morgan fingerprint density at radius 2 is 1.81 bits per heavy atom. The molecule has 1 N–H and O–H groups in total. The van der Waals surface area contributed by atoms with Crippen molar-refractivity contribution in [2.24, 2.45) is 18.9 Å². The highest BCUT2D eigenvalue weighted by Crippen LogP contribution is 2.47. The van der Waals surface area contributed by atoms with Gasteiger partial charge in [-0.25, -0.2) is 0 Å². The number of hydrogen-bond acceptors (Lipinski definition) is 5. The lowest BCUT2D eigenvalue weighted by Crippen LogP contribution is -2.36. The van der Waals surface area contributed by atoms with Gasteiger partial charge in [-0.1, -0.05) is 60.1 Å². The van der Waals surface area contributed by atoms with Gasteiger partial charge in [0.15, 0.2) is 5.69 Å². The minimum absolute atomic E-state index is 0.322. The van der Waals surface area contributed by atoms with Crippen molar-refractivity contribution < 1.29 is 9.67 Å². The molecule has 1 fully saturated rings. The number of aromatic nitrogens is 1. The van der Waals surface area contributed by atoms with Crippen LogP contribution >= 0.6 is 43.2 Å². The third-order valence-electron chi connectivity index (χ3n) is 4.94. The molecule has 2 rings (SSSR count). The molecule has 1 aromatic rings. The maximum Gasteiger partial charge on any atom is 0.250 e. The number of nitrogens with zero attached hydrogens (tertiary/aromatic N) is 1. The van der Waals surface area contributed by atoms with E-state index in [0.717, 1.165) is 29.9 Å². The summed E-state index contributed by atoms with van der Waals surface area (Å²) in [6, 6.07) is 6.76. The molecule has 0 aromatic carbocycles. The normalized spacial score (nSPS) is 21.4. The largest absolute Gasteiger partial charge is 0.396 e. The SMILES string of the molecule is CC(C)SSc1cccc(CC2C[C@@H]2CC(C)SSC(C)CCCO)[n+]1C. The molecule has 0 saturated heterocycles. The molecular weight excluding hydrogens is 411 g/mol. The molecule has 2 nitrogen and oxygen atoms in total. The zero-order chi connectivity index (χ0) is 19.8. The van der Waals surface area contributed by atoms with E-state index in [1.54, 1.807) is 0 Å². The van der Waals surface area contributed by atoms with E-state index in [1.165, 1.54) is 30.0 Å². The van der Waals surface area contributed by atoms with Crippen LogP contribution in [0.25, 0.3) is 0 Å². The average molecular weight is 447 g/mol. The van der Waals surface area contributed by atoms with Gasteiger partial charge >= 0.3 is 0 Å². The maximum absolute atomic E-state index is 8.94. The van der Waals surface area contributed by atoms with E-state index < -0.39 is 0 Å². The van der Waals surface area contributed by atoms with Gasteiger partial charge in [0.05, 0.1) is 0 Å². The first kappa shape index (κ1) is 23.8. The van der Waals surface area contributed by atoms with E-state index in [9.17, 15) is 0 Å². The molecule has 0 aliphatic heterocycles. The van der Waals surface area contributed by atoms with Crippen LogP contribution in [0.5, 0.6) is 0 Å². The molecule has 0 spiro atoms. The highest BCUT2D eigenvalue weighted by molar-refractivity contribution is 8.77. The lowest BCUT2D eigenvalue weighted by molar-refractivity contribution is -0.716. The molecule has 154 valence electrons. The van der Waals surface area contributed by atoms with Gasteiger partial charge in [0, 0.05) is 51.7 Å². The molecule has 1 aliphatic rings. The molecule has 6 heteroatoms. The van der Waals surface area contributed by atoms with E-state index in [1.807, 2.05) is 32.4 Å². The third kappa shape index (κ3) is 8.81. The zero-order valence-corrected chi connectivity index (χ0v) is 20.7. The van der Waals surface area contributed by atoms with Gasteiger partial charge in [0.2, 0.25) is 0 Å². The van der Waals surface area contributed by atoms with Gasteiger partial charge in [0.25, 0.3) is 5.03 Å². The Morgan fingerprint density at radius 1 is 1.07 bits per heavy atom. The van der Waals surface area contributed by atoms with Crippen molar-refractivity contribution in [1.29, 1.82) is 0 Å². The molecule has 0 radical (unpaired) electrons. The highest BCUT2D eigenvalue weighted by Gasteiger charge is 2.39. The highest BCUT2D eigenvalue weighted by atomic mass is 33.1. The number of hydrogen-bond donors (Lipinski definition) is 1. The Hall–Kier alpha value is 0.510. The summed E-state index contributed by atoms with van der Waals surface area (Å²) in [5.41, 5.74) is 1.48. The molecule has 27 heavy (non-hydrogen) atoms. The molecule has 1 aliphatic carbocycles. The summed E-state index contributed by atoms with van der Waals surface area (Å²) in [5.74, 6) is 1.77. The number of pyridine rings is 1. The molecule has 4 atom stereocenters. The van der Waals surface area contributed by atoms with Crippen molar-refractivity contribution in [3.63, 3.8) is 0 Å². The summed E-state index contributed by atoms with van der Waals surface area (Å²) < 4.78 is 2.40. The average Bonchev–Trinajstić information content (AvgIpc) is 3.36. The molecular formula is C21H36NOS4+. The number of aliphatic hydroxyl groups excluding tert-OH is 1. The van der Waals surface area contributed by atoms with Gasteiger partial charge in [-0.15, -0.1) is 0 Å². The lowest BCUT2D eigenvalue weighted by Gasteiger charge is -2.14. The van der Waals surface area contributed by atoms with Crippen LogP contribution in [-0.4, -0.2) is 27.5 Å².